The molecule has 0 aliphatic heterocycles. The van der Waals surface area contributed by atoms with Crippen molar-refractivity contribution < 1.29 is 12.8 Å². The summed E-state index contributed by atoms with van der Waals surface area (Å²) in [5.74, 6) is 6.18. The van der Waals surface area contributed by atoms with Gasteiger partial charge in [-0.05, 0) is 50.0 Å². The zero-order valence-corrected chi connectivity index (χ0v) is 20.5. The van der Waals surface area contributed by atoms with Crippen LogP contribution in [0.5, 0.6) is 0 Å². The molecule has 0 saturated heterocycles. The van der Waals surface area contributed by atoms with Crippen LogP contribution < -0.4 is 0 Å². The van der Waals surface area contributed by atoms with Crippen molar-refractivity contribution in [2.45, 2.75) is 70.0 Å². The highest BCUT2D eigenvalue weighted by Crippen LogP contribution is 2.36. The molecule has 0 unspecified atom stereocenters. The van der Waals surface area contributed by atoms with Crippen LogP contribution >= 0.6 is 0 Å². The van der Waals surface area contributed by atoms with E-state index in [2.05, 4.69) is 51.8 Å². The van der Waals surface area contributed by atoms with Gasteiger partial charge >= 0.3 is 0 Å². The number of aryl methyl sites for hydroxylation is 1. The van der Waals surface area contributed by atoms with Crippen LogP contribution in [0.2, 0.25) is 18.1 Å². The van der Waals surface area contributed by atoms with E-state index >= 15 is 0 Å². The molecule has 0 atom stereocenters. The van der Waals surface area contributed by atoms with Crippen molar-refractivity contribution >= 4 is 18.3 Å². The van der Waals surface area contributed by atoms with Crippen molar-refractivity contribution in [1.82, 2.24) is 4.31 Å². The first-order valence-corrected chi connectivity index (χ1v) is 14.6. The highest BCUT2D eigenvalue weighted by Gasteiger charge is 2.36. The largest absolute Gasteiger partial charge is 0.406 e. The molecule has 1 aliphatic rings. The van der Waals surface area contributed by atoms with Crippen LogP contribution in [0, 0.1) is 18.8 Å². The summed E-state index contributed by atoms with van der Waals surface area (Å²) in [6, 6.07) is 7.05. The van der Waals surface area contributed by atoms with Gasteiger partial charge in [-0.25, -0.2) is 8.42 Å². The van der Waals surface area contributed by atoms with Crippen LogP contribution in [-0.2, 0) is 14.4 Å². The van der Waals surface area contributed by atoms with Gasteiger partial charge in [-0.1, -0.05) is 62.0 Å². The first kappa shape index (κ1) is 23.9. The monoisotopic (exact) mass is 433 g/mol. The van der Waals surface area contributed by atoms with Gasteiger partial charge in [-0.2, -0.15) is 4.31 Å². The minimum absolute atomic E-state index is 0.157. The maximum atomic E-state index is 13.1. The molecule has 0 N–H and O–H groups in total. The fourth-order valence-electron chi connectivity index (χ4n) is 2.62. The minimum atomic E-state index is -3.52. The molecule has 0 bridgehead atoms. The van der Waals surface area contributed by atoms with E-state index in [0.717, 1.165) is 18.4 Å². The predicted molar refractivity (Wildman–Crippen MR) is 123 cm³/mol. The molecule has 0 fully saturated rings. The fourth-order valence-corrected chi connectivity index (χ4v) is 4.93. The predicted octanol–water partition coefficient (Wildman–Crippen LogP) is 5.12. The van der Waals surface area contributed by atoms with Gasteiger partial charge < -0.3 is 4.43 Å². The number of nitrogens with zero attached hydrogens (tertiary/aromatic N) is 1. The summed E-state index contributed by atoms with van der Waals surface area (Å²) >= 11 is 0. The average molecular weight is 434 g/mol. The van der Waals surface area contributed by atoms with Gasteiger partial charge in [0.15, 0.2) is 8.32 Å². The molecule has 0 radical (unpaired) electrons. The van der Waals surface area contributed by atoms with E-state index in [9.17, 15) is 8.42 Å². The molecule has 160 valence electrons. The van der Waals surface area contributed by atoms with Crippen molar-refractivity contribution in [3.8, 4) is 11.8 Å². The first-order chi connectivity index (χ1) is 13.4. The van der Waals surface area contributed by atoms with Crippen molar-refractivity contribution in [2.24, 2.45) is 0 Å². The van der Waals surface area contributed by atoms with Crippen molar-refractivity contribution in [1.29, 1.82) is 0 Å². The molecule has 0 spiro atoms. The maximum Gasteiger partial charge on any atom is 0.243 e. The van der Waals surface area contributed by atoms with Crippen molar-refractivity contribution in [3.05, 3.63) is 41.5 Å². The second-order valence-electron chi connectivity index (χ2n) is 9.21. The molecule has 6 heteroatoms. The molecule has 1 aromatic carbocycles. The third-order valence-corrected chi connectivity index (χ3v) is 12.2. The Morgan fingerprint density at radius 2 is 1.76 bits per heavy atom. The molecule has 2 rings (SSSR count). The van der Waals surface area contributed by atoms with Crippen molar-refractivity contribution in [2.75, 3.05) is 19.7 Å². The number of benzene rings is 1. The SMILES string of the molecule is Cc1ccc(S(=O)(=O)N(CCC#CCO[Si](C)(C)C(C)(C)C)CC2=CCC2)cc1. The summed E-state index contributed by atoms with van der Waals surface area (Å²) in [6.45, 7) is 14.2. The van der Waals surface area contributed by atoms with E-state index in [0.29, 0.717) is 31.0 Å². The standard InChI is InChI=1S/C23H35NO3SSi/c1-20-13-15-22(16-14-20)28(25,26)24(19-21-11-10-12-21)17-8-7-9-18-27-29(5,6)23(2,3)4/h11,13-16H,8,10,12,17-19H2,1-6H3. The van der Waals surface area contributed by atoms with Crippen molar-refractivity contribution in [3.63, 3.8) is 0 Å². The lowest BCUT2D eigenvalue weighted by atomic mass is 9.99. The van der Waals surface area contributed by atoms with Crippen LogP contribution in [-0.4, -0.2) is 40.7 Å². The molecule has 0 amide bonds. The molecule has 0 saturated carbocycles. The molecule has 1 aromatic rings. The Morgan fingerprint density at radius 3 is 2.28 bits per heavy atom. The van der Waals surface area contributed by atoms with Gasteiger partial charge in [0.1, 0.15) is 0 Å². The number of rotatable bonds is 8. The van der Waals surface area contributed by atoms with E-state index in [4.69, 9.17) is 4.43 Å². The number of hydrogen-bond donors (Lipinski definition) is 0. The Labute approximate surface area is 178 Å². The molecule has 1 aliphatic carbocycles. The summed E-state index contributed by atoms with van der Waals surface area (Å²) in [5.41, 5.74) is 2.24. The summed E-state index contributed by atoms with van der Waals surface area (Å²) in [5, 5.41) is 0.157. The Balaban J connectivity index is 2.00. The molecular formula is C23H35NO3SSi. The van der Waals surface area contributed by atoms with E-state index in [1.807, 2.05) is 19.1 Å². The quantitative estimate of drug-likeness (QED) is 0.325. The van der Waals surface area contributed by atoms with Gasteiger partial charge in [0, 0.05) is 19.5 Å². The zero-order valence-electron chi connectivity index (χ0n) is 18.7. The smallest absolute Gasteiger partial charge is 0.243 e. The Kier molecular flexibility index (Phi) is 7.91. The first-order valence-electron chi connectivity index (χ1n) is 10.3. The lowest BCUT2D eigenvalue weighted by Crippen LogP contribution is -2.40. The zero-order chi connectivity index (χ0) is 21.7. The highest BCUT2D eigenvalue weighted by molar-refractivity contribution is 7.89. The lowest BCUT2D eigenvalue weighted by Gasteiger charge is -2.35. The molecule has 0 aromatic heterocycles. The third-order valence-electron chi connectivity index (χ3n) is 5.86. The number of hydrogen-bond acceptors (Lipinski definition) is 3. The fraction of sp³-hybridized carbons (Fsp3) is 0.565. The summed E-state index contributed by atoms with van der Waals surface area (Å²) in [7, 11) is -5.33. The second kappa shape index (κ2) is 9.61. The number of sulfonamides is 1. The lowest BCUT2D eigenvalue weighted by molar-refractivity contribution is 0.334. The van der Waals surface area contributed by atoms with Crippen LogP contribution in [0.3, 0.4) is 0 Å². The second-order valence-corrected chi connectivity index (χ2v) is 16.0. The van der Waals surface area contributed by atoms with Crippen LogP contribution in [0.4, 0.5) is 0 Å². The summed E-state index contributed by atoms with van der Waals surface area (Å²) < 4.78 is 33.9. The van der Waals surface area contributed by atoms with Gasteiger partial charge in [0.25, 0.3) is 0 Å². The molecule has 0 heterocycles. The van der Waals surface area contributed by atoms with Gasteiger partial charge in [0.2, 0.25) is 10.0 Å². The highest BCUT2D eigenvalue weighted by atomic mass is 32.2. The van der Waals surface area contributed by atoms with Gasteiger partial charge in [-0.15, -0.1) is 0 Å². The van der Waals surface area contributed by atoms with E-state index in [1.54, 1.807) is 16.4 Å². The molecule has 4 nitrogen and oxygen atoms in total. The van der Waals surface area contributed by atoms with Crippen LogP contribution in [0.25, 0.3) is 0 Å². The van der Waals surface area contributed by atoms with E-state index in [1.165, 1.54) is 5.57 Å². The van der Waals surface area contributed by atoms with E-state index in [-0.39, 0.29) is 5.04 Å². The minimum Gasteiger partial charge on any atom is -0.406 e. The Bertz CT molecular complexity index is 885. The van der Waals surface area contributed by atoms with Gasteiger partial charge in [0.05, 0.1) is 11.5 Å². The summed E-state index contributed by atoms with van der Waals surface area (Å²) in [6.07, 6.45) is 4.64. The number of allylic oxidation sites excluding steroid dienone is 1. The van der Waals surface area contributed by atoms with Crippen LogP contribution in [0.15, 0.2) is 40.8 Å². The topological polar surface area (TPSA) is 46.6 Å². The molecular weight excluding hydrogens is 398 g/mol. The van der Waals surface area contributed by atoms with Crippen LogP contribution in [0.1, 0.15) is 45.6 Å². The maximum absolute atomic E-state index is 13.1. The Hall–Kier alpha value is -1.39. The Morgan fingerprint density at radius 1 is 1.14 bits per heavy atom. The molecule has 29 heavy (non-hydrogen) atoms. The van der Waals surface area contributed by atoms with E-state index < -0.39 is 18.3 Å². The van der Waals surface area contributed by atoms with Gasteiger partial charge in [-0.3, -0.25) is 0 Å². The third kappa shape index (κ3) is 6.55. The average Bonchev–Trinajstić information content (AvgIpc) is 2.58. The summed E-state index contributed by atoms with van der Waals surface area (Å²) in [4.78, 5) is 0.345. The normalized spacial score (nSPS) is 14.8.